The minimum Gasteiger partial charge on any atom is -0.480 e. The standard InChI is InChI=1S/C21H18BrF3N4O3/c22-14-4-2-1-3-13(14)18(21(23,24)25)32-17-10-16(28-20(27)29-17)12-7-5-11(6-8-12)9-15(26)19(30)31/h1-8,10,15,18H,9,26H2,(H,30,31)(H2,27,28,29). The smallest absolute Gasteiger partial charge is 0.429 e. The maximum atomic E-state index is 13.7. The number of halogens is 4. The van der Waals surface area contributed by atoms with Crippen LogP contribution in [-0.4, -0.2) is 33.3 Å². The molecule has 7 nitrogen and oxygen atoms in total. The Morgan fingerprint density at radius 3 is 2.38 bits per heavy atom. The first kappa shape index (κ1) is 23.5. The van der Waals surface area contributed by atoms with E-state index in [4.69, 9.17) is 21.3 Å². The molecule has 1 aromatic heterocycles. The number of carboxylic acid groups (broad SMARTS) is 1. The summed E-state index contributed by atoms with van der Waals surface area (Å²) in [5.74, 6) is -1.73. The molecule has 0 aliphatic carbocycles. The summed E-state index contributed by atoms with van der Waals surface area (Å²) < 4.78 is 46.6. The number of anilines is 1. The number of carboxylic acids is 1. The van der Waals surface area contributed by atoms with Crippen LogP contribution in [-0.2, 0) is 11.2 Å². The number of hydrogen-bond acceptors (Lipinski definition) is 6. The Kier molecular flexibility index (Phi) is 6.99. The molecule has 0 spiro atoms. The molecule has 5 N–H and O–H groups in total. The number of benzene rings is 2. The predicted octanol–water partition coefficient (Wildman–Crippen LogP) is 4.13. The summed E-state index contributed by atoms with van der Waals surface area (Å²) in [6.45, 7) is 0. The molecular formula is C21H18BrF3N4O3. The van der Waals surface area contributed by atoms with Crippen molar-refractivity contribution in [1.82, 2.24) is 9.97 Å². The van der Waals surface area contributed by atoms with E-state index >= 15 is 0 Å². The Bertz CT molecular complexity index is 1110. The van der Waals surface area contributed by atoms with Crippen molar-refractivity contribution in [1.29, 1.82) is 0 Å². The van der Waals surface area contributed by atoms with Crippen LogP contribution >= 0.6 is 15.9 Å². The molecule has 0 saturated heterocycles. The normalized spacial score (nSPS) is 13.4. The molecule has 0 fully saturated rings. The lowest BCUT2D eigenvalue weighted by Crippen LogP contribution is -2.32. The lowest BCUT2D eigenvalue weighted by molar-refractivity contribution is -0.198. The van der Waals surface area contributed by atoms with Gasteiger partial charge >= 0.3 is 12.1 Å². The Balaban J connectivity index is 1.90. The topological polar surface area (TPSA) is 124 Å². The summed E-state index contributed by atoms with van der Waals surface area (Å²) in [6, 6.07) is 12.6. The number of nitrogens with zero attached hydrogens (tertiary/aromatic N) is 2. The molecule has 2 atom stereocenters. The second-order valence-electron chi connectivity index (χ2n) is 6.86. The third-order valence-corrected chi connectivity index (χ3v) is 5.19. The fraction of sp³-hybridized carbons (Fsp3) is 0.190. The highest BCUT2D eigenvalue weighted by molar-refractivity contribution is 9.10. The average molecular weight is 511 g/mol. The van der Waals surface area contributed by atoms with Crippen molar-refractivity contribution in [2.75, 3.05) is 5.73 Å². The number of alkyl halides is 3. The second kappa shape index (κ2) is 9.53. The zero-order valence-corrected chi connectivity index (χ0v) is 18.0. The fourth-order valence-corrected chi connectivity index (χ4v) is 3.41. The van der Waals surface area contributed by atoms with Crippen LogP contribution < -0.4 is 16.2 Å². The van der Waals surface area contributed by atoms with Crippen molar-refractivity contribution in [2.45, 2.75) is 24.7 Å². The number of aromatic nitrogens is 2. The lowest BCUT2D eigenvalue weighted by atomic mass is 10.0. The first-order valence-electron chi connectivity index (χ1n) is 9.24. The third kappa shape index (κ3) is 5.74. The number of aliphatic carboxylic acids is 1. The first-order valence-corrected chi connectivity index (χ1v) is 10.0. The van der Waals surface area contributed by atoms with Gasteiger partial charge in [-0.15, -0.1) is 0 Å². The van der Waals surface area contributed by atoms with E-state index in [-0.39, 0.29) is 34.0 Å². The summed E-state index contributed by atoms with van der Waals surface area (Å²) in [6.07, 6.45) is -6.87. The van der Waals surface area contributed by atoms with Crippen LogP contribution in [0.25, 0.3) is 11.3 Å². The van der Waals surface area contributed by atoms with Crippen molar-refractivity contribution in [3.63, 3.8) is 0 Å². The van der Waals surface area contributed by atoms with Crippen LogP contribution in [0.4, 0.5) is 19.1 Å². The molecular weight excluding hydrogens is 493 g/mol. The molecule has 32 heavy (non-hydrogen) atoms. The van der Waals surface area contributed by atoms with Gasteiger partial charge in [-0.05, 0) is 18.1 Å². The Hall–Kier alpha value is -3.18. The molecule has 0 bridgehead atoms. The first-order chi connectivity index (χ1) is 15.0. The van der Waals surface area contributed by atoms with Crippen molar-refractivity contribution in [3.8, 4) is 17.1 Å². The van der Waals surface area contributed by atoms with Gasteiger partial charge in [0.25, 0.3) is 0 Å². The summed E-state index contributed by atoms with van der Waals surface area (Å²) in [7, 11) is 0. The molecule has 0 aliphatic heterocycles. The van der Waals surface area contributed by atoms with Crippen LogP contribution in [0.1, 0.15) is 17.2 Å². The maximum Gasteiger partial charge on any atom is 0.429 e. The Morgan fingerprint density at radius 1 is 1.12 bits per heavy atom. The molecule has 2 unspecified atom stereocenters. The highest BCUT2D eigenvalue weighted by Gasteiger charge is 2.44. The fourth-order valence-electron chi connectivity index (χ4n) is 2.92. The molecule has 2 aromatic carbocycles. The van der Waals surface area contributed by atoms with E-state index in [1.807, 2.05) is 0 Å². The number of nitrogens with two attached hydrogens (primary N) is 2. The van der Waals surface area contributed by atoms with Gasteiger partial charge in [-0.25, -0.2) is 4.98 Å². The minimum atomic E-state index is -4.71. The molecule has 3 aromatic rings. The second-order valence-corrected chi connectivity index (χ2v) is 7.71. The van der Waals surface area contributed by atoms with E-state index in [1.165, 1.54) is 24.3 Å². The van der Waals surface area contributed by atoms with Gasteiger partial charge in [-0.1, -0.05) is 58.4 Å². The van der Waals surface area contributed by atoms with Crippen LogP contribution in [0.5, 0.6) is 5.88 Å². The zero-order chi connectivity index (χ0) is 23.5. The number of carbonyl (C=O) groups is 1. The lowest BCUT2D eigenvalue weighted by Gasteiger charge is -2.22. The van der Waals surface area contributed by atoms with Gasteiger partial charge in [0.1, 0.15) is 6.04 Å². The van der Waals surface area contributed by atoms with E-state index in [1.54, 1.807) is 30.3 Å². The minimum absolute atomic E-state index is 0.113. The average Bonchev–Trinajstić information content (AvgIpc) is 2.72. The van der Waals surface area contributed by atoms with E-state index in [0.717, 1.165) is 0 Å². The highest BCUT2D eigenvalue weighted by Crippen LogP contribution is 2.39. The molecule has 0 amide bonds. The number of rotatable bonds is 7. The molecule has 168 valence electrons. The summed E-state index contributed by atoms with van der Waals surface area (Å²) in [5.41, 5.74) is 12.6. The maximum absolute atomic E-state index is 13.7. The SMILES string of the molecule is Nc1nc(OC(c2ccccc2Br)C(F)(F)F)cc(-c2ccc(CC(N)C(=O)O)cc2)n1. The van der Waals surface area contributed by atoms with Crippen molar-refractivity contribution < 1.29 is 27.8 Å². The molecule has 11 heteroatoms. The van der Waals surface area contributed by atoms with Gasteiger partial charge in [0.15, 0.2) is 0 Å². The van der Waals surface area contributed by atoms with Crippen molar-refractivity contribution in [3.05, 3.63) is 70.2 Å². The highest BCUT2D eigenvalue weighted by atomic mass is 79.9. The van der Waals surface area contributed by atoms with Gasteiger partial charge in [-0.2, -0.15) is 18.2 Å². The molecule has 0 aliphatic rings. The van der Waals surface area contributed by atoms with E-state index in [2.05, 4.69) is 25.9 Å². The molecule has 0 radical (unpaired) electrons. The van der Waals surface area contributed by atoms with E-state index < -0.39 is 24.3 Å². The predicted molar refractivity (Wildman–Crippen MR) is 115 cm³/mol. The van der Waals surface area contributed by atoms with Crippen LogP contribution in [0, 0.1) is 0 Å². The Labute approximate surface area is 189 Å². The van der Waals surface area contributed by atoms with Crippen molar-refractivity contribution >= 4 is 27.8 Å². The summed E-state index contributed by atoms with van der Waals surface area (Å²) in [4.78, 5) is 18.7. The van der Waals surface area contributed by atoms with Gasteiger partial charge in [0, 0.05) is 21.7 Å². The van der Waals surface area contributed by atoms with E-state index in [0.29, 0.717) is 11.1 Å². The monoisotopic (exact) mass is 510 g/mol. The van der Waals surface area contributed by atoms with Crippen LogP contribution in [0.2, 0.25) is 0 Å². The van der Waals surface area contributed by atoms with Gasteiger partial charge in [-0.3, -0.25) is 4.79 Å². The van der Waals surface area contributed by atoms with Gasteiger partial charge < -0.3 is 21.3 Å². The van der Waals surface area contributed by atoms with E-state index in [9.17, 15) is 18.0 Å². The van der Waals surface area contributed by atoms with Crippen molar-refractivity contribution in [2.24, 2.45) is 5.73 Å². The molecule has 3 rings (SSSR count). The summed E-state index contributed by atoms with van der Waals surface area (Å²) >= 11 is 3.12. The quantitative estimate of drug-likeness (QED) is 0.436. The molecule has 1 heterocycles. The number of hydrogen-bond donors (Lipinski definition) is 3. The third-order valence-electron chi connectivity index (χ3n) is 4.47. The molecule has 0 saturated carbocycles. The van der Waals surface area contributed by atoms with Gasteiger partial charge in [0.05, 0.1) is 5.69 Å². The number of ether oxygens (including phenoxy) is 1. The summed E-state index contributed by atoms with van der Waals surface area (Å²) in [5, 5.41) is 8.91. The Morgan fingerprint density at radius 2 is 1.78 bits per heavy atom. The zero-order valence-electron chi connectivity index (χ0n) is 16.4. The largest absolute Gasteiger partial charge is 0.480 e. The van der Waals surface area contributed by atoms with Crippen LogP contribution in [0.3, 0.4) is 0 Å². The van der Waals surface area contributed by atoms with Gasteiger partial charge in [0.2, 0.25) is 17.9 Å². The number of nitrogen functional groups attached to an aromatic ring is 1. The van der Waals surface area contributed by atoms with Crippen LogP contribution in [0.15, 0.2) is 59.1 Å².